The molecular weight excluding hydrogens is 216 g/mol. The van der Waals surface area contributed by atoms with Crippen molar-refractivity contribution in [1.29, 1.82) is 0 Å². The van der Waals surface area contributed by atoms with Crippen LogP contribution in [-0.4, -0.2) is 23.4 Å². The van der Waals surface area contributed by atoms with Crippen molar-refractivity contribution in [3.05, 3.63) is 41.7 Å². The molecule has 1 aromatic carbocycles. The van der Waals surface area contributed by atoms with Gasteiger partial charge in [0.1, 0.15) is 5.75 Å². The number of aryl methyl sites for hydroxylation is 1. The van der Waals surface area contributed by atoms with Crippen molar-refractivity contribution in [3.8, 4) is 17.1 Å². The van der Waals surface area contributed by atoms with Gasteiger partial charge in [0.2, 0.25) is 0 Å². The van der Waals surface area contributed by atoms with Gasteiger partial charge in [-0.05, 0) is 19.1 Å². The van der Waals surface area contributed by atoms with Crippen molar-refractivity contribution in [2.45, 2.75) is 6.92 Å². The minimum absolute atomic E-state index is 0.511. The quantitative estimate of drug-likeness (QED) is 0.756. The highest BCUT2D eigenvalue weighted by Gasteiger charge is 2.05. The van der Waals surface area contributed by atoms with E-state index in [0.717, 1.165) is 17.6 Å². The third kappa shape index (κ3) is 2.30. The number of hydrogen-bond donors (Lipinski definition) is 0. The molecule has 0 atom stereocenters. The van der Waals surface area contributed by atoms with E-state index in [9.17, 15) is 4.79 Å². The van der Waals surface area contributed by atoms with Gasteiger partial charge < -0.3 is 4.74 Å². The van der Waals surface area contributed by atoms with Crippen molar-refractivity contribution >= 4 is 6.29 Å². The molecule has 0 radical (unpaired) electrons. The van der Waals surface area contributed by atoms with Gasteiger partial charge in [-0.3, -0.25) is 4.79 Å². The minimum Gasteiger partial charge on any atom is -0.497 e. The van der Waals surface area contributed by atoms with E-state index in [-0.39, 0.29) is 0 Å². The highest BCUT2D eigenvalue weighted by atomic mass is 16.5. The molecule has 4 heteroatoms. The summed E-state index contributed by atoms with van der Waals surface area (Å²) < 4.78 is 5.14. The Balaban J connectivity index is 2.45. The molecule has 0 aliphatic heterocycles. The maximum absolute atomic E-state index is 10.7. The van der Waals surface area contributed by atoms with E-state index in [0.29, 0.717) is 17.1 Å². The highest BCUT2D eigenvalue weighted by molar-refractivity contribution is 5.76. The number of carbonyl (C=O) groups is 1. The molecule has 0 saturated carbocycles. The Morgan fingerprint density at radius 1 is 1.35 bits per heavy atom. The Morgan fingerprint density at radius 2 is 2.18 bits per heavy atom. The van der Waals surface area contributed by atoms with Crippen LogP contribution in [0.4, 0.5) is 0 Å². The zero-order valence-electron chi connectivity index (χ0n) is 9.68. The van der Waals surface area contributed by atoms with Crippen molar-refractivity contribution in [1.82, 2.24) is 9.97 Å². The summed E-state index contributed by atoms with van der Waals surface area (Å²) in [7, 11) is 1.61. The number of ether oxygens (including phenoxy) is 1. The molecule has 0 bridgehead atoms. The van der Waals surface area contributed by atoms with Gasteiger partial charge in [0, 0.05) is 11.8 Å². The molecule has 86 valence electrons. The number of rotatable bonds is 3. The fourth-order valence-corrected chi connectivity index (χ4v) is 1.49. The van der Waals surface area contributed by atoms with Crippen molar-refractivity contribution in [2.75, 3.05) is 7.11 Å². The van der Waals surface area contributed by atoms with E-state index in [4.69, 9.17) is 4.74 Å². The molecule has 2 aromatic rings. The Bertz CT molecular complexity index is 553. The van der Waals surface area contributed by atoms with Gasteiger partial charge >= 0.3 is 0 Å². The molecule has 2 rings (SSSR count). The van der Waals surface area contributed by atoms with Crippen molar-refractivity contribution in [2.24, 2.45) is 0 Å². The lowest BCUT2D eigenvalue weighted by molar-refractivity contribution is 0.112. The van der Waals surface area contributed by atoms with Crippen LogP contribution in [0, 0.1) is 6.92 Å². The average Bonchev–Trinajstić information content (AvgIpc) is 2.38. The smallest absolute Gasteiger partial charge is 0.159 e. The van der Waals surface area contributed by atoms with E-state index in [1.165, 1.54) is 6.20 Å². The molecule has 0 saturated heterocycles. The summed E-state index contributed by atoms with van der Waals surface area (Å²) in [5, 5.41) is 0. The first-order valence-corrected chi connectivity index (χ1v) is 5.18. The lowest BCUT2D eigenvalue weighted by Crippen LogP contribution is -1.97. The number of nitrogens with zero attached hydrogens (tertiary/aromatic N) is 2. The third-order valence-electron chi connectivity index (χ3n) is 2.47. The van der Waals surface area contributed by atoms with Gasteiger partial charge in [0.05, 0.1) is 18.4 Å². The maximum Gasteiger partial charge on any atom is 0.159 e. The van der Waals surface area contributed by atoms with Crippen molar-refractivity contribution in [3.63, 3.8) is 0 Å². The van der Waals surface area contributed by atoms with Crippen molar-refractivity contribution < 1.29 is 9.53 Å². The largest absolute Gasteiger partial charge is 0.497 e. The first-order chi connectivity index (χ1) is 8.24. The molecule has 0 spiro atoms. The molecule has 0 fully saturated rings. The molecule has 0 aliphatic rings. The molecule has 0 N–H and O–H groups in total. The minimum atomic E-state index is 0.511. The summed E-state index contributed by atoms with van der Waals surface area (Å²) in [6, 6.07) is 7.49. The number of benzene rings is 1. The second-order valence-electron chi connectivity index (χ2n) is 3.58. The molecule has 1 heterocycles. The van der Waals surface area contributed by atoms with Crippen LogP contribution in [0.2, 0.25) is 0 Å². The monoisotopic (exact) mass is 228 g/mol. The zero-order valence-corrected chi connectivity index (χ0v) is 9.68. The number of aromatic nitrogens is 2. The van der Waals surface area contributed by atoms with Gasteiger partial charge in [-0.1, -0.05) is 12.1 Å². The zero-order chi connectivity index (χ0) is 12.3. The van der Waals surface area contributed by atoms with Gasteiger partial charge in [-0.15, -0.1) is 0 Å². The van der Waals surface area contributed by atoms with Gasteiger partial charge in [0.15, 0.2) is 12.1 Å². The number of carbonyl (C=O) groups excluding carboxylic acids is 1. The number of hydrogen-bond acceptors (Lipinski definition) is 4. The van der Waals surface area contributed by atoms with Crippen LogP contribution in [0.3, 0.4) is 0 Å². The lowest BCUT2D eigenvalue weighted by atomic mass is 10.2. The molecule has 4 nitrogen and oxygen atoms in total. The van der Waals surface area contributed by atoms with Crippen LogP contribution in [0.5, 0.6) is 5.75 Å². The Labute approximate surface area is 99.3 Å². The summed E-state index contributed by atoms with van der Waals surface area (Å²) >= 11 is 0. The SMILES string of the molecule is COc1cccc(-c2ncc(C=O)c(C)n2)c1. The Kier molecular flexibility index (Phi) is 3.14. The van der Waals surface area contributed by atoms with E-state index in [2.05, 4.69) is 9.97 Å². The lowest BCUT2D eigenvalue weighted by Gasteiger charge is -2.04. The normalized spacial score (nSPS) is 10.0. The van der Waals surface area contributed by atoms with E-state index in [1.54, 1.807) is 14.0 Å². The van der Waals surface area contributed by atoms with Crippen LogP contribution in [-0.2, 0) is 0 Å². The van der Waals surface area contributed by atoms with E-state index >= 15 is 0 Å². The van der Waals surface area contributed by atoms with E-state index < -0.39 is 0 Å². The summed E-state index contributed by atoms with van der Waals surface area (Å²) in [6.45, 7) is 1.79. The van der Waals surface area contributed by atoms with Crippen LogP contribution < -0.4 is 4.74 Å². The fraction of sp³-hybridized carbons (Fsp3) is 0.154. The maximum atomic E-state index is 10.7. The summed E-state index contributed by atoms with van der Waals surface area (Å²) in [5.41, 5.74) is 2.05. The van der Waals surface area contributed by atoms with E-state index in [1.807, 2.05) is 24.3 Å². The second-order valence-corrected chi connectivity index (χ2v) is 3.58. The van der Waals surface area contributed by atoms with Crippen LogP contribution in [0.25, 0.3) is 11.4 Å². The fourth-order valence-electron chi connectivity index (χ4n) is 1.49. The number of aldehydes is 1. The standard InChI is InChI=1S/C13H12N2O2/c1-9-11(8-16)7-14-13(15-9)10-4-3-5-12(6-10)17-2/h3-8H,1-2H3. The topological polar surface area (TPSA) is 52.1 Å². The van der Waals surface area contributed by atoms with Crippen LogP contribution in [0.1, 0.15) is 16.1 Å². The van der Waals surface area contributed by atoms with Gasteiger partial charge in [-0.2, -0.15) is 0 Å². The van der Waals surface area contributed by atoms with Gasteiger partial charge in [0.25, 0.3) is 0 Å². The molecule has 17 heavy (non-hydrogen) atoms. The summed E-state index contributed by atoms with van der Waals surface area (Å²) in [6.07, 6.45) is 2.29. The molecule has 1 aromatic heterocycles. The third-order valence-corrected chi connectivity index (χ3v) is 2.47. The van der Waals surface area contributed by atoms with Crippen LogP contribution in [0.15, 0.2) is 30.5 Å². The highest BCUT2D eigenvalue weighted by Crippen LogP contribution is 2.20. The first-order valence-electron chi connectivity index (χ1n) is 5.18. The molecular formula is C13H12N2O2. The second kappa shape index (κ2) is 4.74. The average molecular weight is 228 g/mol. The number of methoxy groups -OCH3 is 1. The summed E-state index contributed by atoms with van der Waals surface area (Å²) in [4.78, 5) is 19.1. The molecule has 0 unspecified atom stereocenters. The van der Waals surface area contributed by atoms with Gasteiger partial charge in [-0.25, -0.2) is 9.97 Å². The predicted molar refractivity (Wildman–Crippen MR) is 64.1 cm³/mol. The molecule has 0 amide bonds. The Morgan fingerprint density at radius 3 is 2.82 bits per heavy atom. The van der Waals surface area contributed by atoms with Crippen LogP contribution >= 0.6 is 0 Å². The first kappa shape index (κ1) is 11.3. The summed E-state index contributed by atoms with van der Waals surface area (Å²) in [5.74, 6) is 1.34. The predicted octanol–water partition coefficient (Wildman–Crippen LogP) is 2.27. The molecule has 0 aliphatic carbocycles. The Hall–Kier alpha value is -2.23.